The highest BCUT2D eigenvalue weighted by Gasteiger charge is 2.03. The van der Waals surface area contributed by atoms with Crippen molar-refractivity contribution in [2.75, 3.05) is 23.3 Å². The van der Waals surface area contributed by atoms with Crippen LogP contribution >= 0.6 is 11.6 Å². The fraction of sp³-hybridized carbons (Fsp3) is 0.333. The molecular formula is C18H23ClN2. The van der Waals surface area contributed by atoms with Crippen LogP contribution in [0.15, 0.2) is 42.5 Å². The summed E-state index contributed by atoms with van der Waals surface area (Å²) < 4.78 is 0. The van der Waals surface area contributed by atoms with Crippen LogP contribution in [-0.4, -0.2) is 13.1 Å². The van der Waals surface area contributed by atoms with Crippen molar-refractivity contribution in [1.82, 2.24) is 0 Å². The molecule has 0 aliphatic heterocycles. The fourth-order valence-electron chi connectivity index (χ4n) is 2.39. The molecule has 0 unspecified atom stereocenters. The normalized spacial score (nSPS) is 10.5. The molecule has 1 N–H and O–H groups in total. The van der Waals surface area contributed by atoms with Crippen molar-refractivity contribution in [2.45, 2.75) is 27.3 Å². The van der Waals surface area contributed by atoms with Crippen LogP contribution < -0.4 is 10.2 Å². The van der Waals surface area contributed by atoms with Crippen molar-refractivity contribution in [2.24, 2.45) is 0 Å². The number of anilines is 2. The first-order valence-corrected chi connectivity index (χ1v) is 7.85. The molecule has 0 aliphatic rings. The van der Waals surface area contributed by atoms with E-state index in [1.807, 2.05) is 12.1 Å². The predicted octanol–water partition coefficient (Wildman–Crippen LogP) is 5.11. The molecule has 0 aromatic heterocycles. The van der Waals surface area contributed by atoms with Crippen molar-refractivity contribution < 1.29 is 0 Å². The van der Waals surface area contributed by atoms with Crippen LogP contribution in [0.3, 0.4) is 0 Å². The van der Waals surface area contributed by atoms with E-state index in [-0.39, 0.29) is 0 Å². The van der Waals surface area contributed by atoms with E-state index in [4.69, 9.17) is 11.6 Å². The van der Waals surface area contributed by atoms with Crippen molar-refractivity contribution in [3.8, 4) is 0 Å². The Labute approximate surface area is 132 Å². The average Bonchev–Trinajstić information content (AvgIpc) is 2.51. The molecule has 21 heavy (non-hydrogen) atoms. The van der Waals surface area contributed by atoms with E-state index in [1.165, 1.54) is 16.8 Å². The van der Waals surface area contributed by atoms with Gasteiger partial charge in [-0.15, -0.1) is 0 Å². The average molecular weight is 303 g/mol. The molecule has 112 valence electrons. The second-order valence-corrected chi connectivity index (χ2v) is 5.58. The van der Waals surface area contributed by atoms with Gasteiger partial charge in [-0.05, 0) is 56.2 Å². The Morgan fingerprint density at radius 3 is 2.29 bits per heavy atom. The Morgan fingerprint density at radius 1 is 1.00 bits per heavy atom. The minimum absolute atomic E-state index is 0.764. The molecule has 2 aromatic carbocycles. The molecule has 2 aromatic rings. The first-order chi connectivity index (χ1) is 10.1. The van der Waals surface area contributed by atoms with Crippen LogP contribution in [0, 0.1) is 6.92 Å². The number of aryl methyl sites for hydroxylation is 1. The summed E-state index contributed by atoms with van der Waals surface area (Å²) in [5, 5.41) is 4.17. The zero-order valence-corrected chi connectivity index (χ0v) is 13.7. The minimum Gasteiger partial charge on any atom is -0.380 e. The molecule has 0 aliphatic carbocycles. The van der Waals surface area contributed by atoms with Gasteiger partial charge in [0.05, 0.1) is 10.7 Å². The Kier molecular flexibility index (Phi) is 5.51. The second-order valence-electron chi connectivity index (χ2n) is 5.18. The van der Waals surface area contributed by atoms with Crippen LogP contribution in [0.4, 0.5) is 11.4 Å². The van der Waals surface area contributed by atoms with Crippen LogP contribution in [-0.2, 0) is 6.54 Å². The van der Waals surface area contributed by atoms with Gasteiger partial charge in [-0.25, -0.2) is 0 Å². The maximum atomic E-state index is 6.20. The third-order valence-electron chi connectivity index (χ3n) is 3.67. The van der Waals surface area contributed by atoms with Crippen molar-refractivity contribution in [1.29, 1.82) is 0 Å². The summed E-state index contributed by atoms with van der Waals surface area (Å²) in [5.41, 5.74) is 4.73. The van der Waals surface area contributed by atoms with Gasteiger partial charge >= 0.3 is 0 Å². The summed E-state index contributed by atoms with van der Waals surface area (Å²) in [4.78, 5) is 2.34. The second kappa shape index (κ2) is 7.37. The molecule has 0 bridgehead atoms. The van der Waals surface area contributed by atoms with E-state index < -0.39 is 0 Å². The Bertz CT molecular complexity index is 574. The Morgan fingerprint density at radius 2 is 1.67 bits per heavy atom. The number of hydrogen-bond donors (Lipinski definition) is 1. The summed E-state index contributed by atoms with van der Waals surface area (Å²) in [6.45, 7) is 9.28. The standard InChI is InChI=1S/C18H23ClN2/c1-4-21(5-2)16-9-7-15(8-10-16)13-20-18-12-14(3)6-11-17(18)19/h6-12,20H,4-5,13H2,1-3H3. The monoisotopic (exact) mass is 302 g/mol. The molecule has 0 fully saturated rings. The quantitative estimate of drug-likeness (QED) is 0.798. The van der Waals surface area contributed by atoms with Crippen molar-refractivity contribution in [3.05, 3.63) is 58.6 Å². The SMILES string of the molecule is CCN(CC)c1ccc(CNc2cc(C)ccc2Cl)cc1. The maximum absolute atomic E-state index is 6.20. The van der Waals surface area contributed by atoms with Crippen LogP contribution in [0.2, 0.25) is 5.02 Å². The molecule has 0 saturated heterocycles. The van der Waals surface area contributed by atoms with Gasteiger partial charge in [0.1, 0.15) is 0 Å². The van der Waals surface area contributed by atoms with Gasteiger partial charge in [0.25, 0.3) is 0 Å². The van der Waals surface area contributed by atoms with E-state index in [2.05, 4.69) is 61.3 Å². The smallest absolute Gasteiger partial charge is 0.0637 e. The van der Waals surface area contributed by atoms with Crippen LogP contribution in [0.1, 0.15) is 25.0 Å². The van der Waals surface area contributed by atoms with Crippen LogP contribution in [0.25, 0.3) is 0 Å². The Balaban J connectivity index is 2.02. The summed E-state index contributed by atoms with van der Waals surface area (Å²) in [5.74, 6) is 0. The summed E-state index contributed by atoms with van der Waals surface area (Å²) in [7, 11) is 0. The summed E-state index contributed by atoms with van der Waals surface area (Å²) in [6, 6.07) is 14.7. The molecule has 0 radical (unpaired) electrons. The third kappa shape index (κ3) is 4.15. The van der Waals surface area contributed by atoms with E-state index in [9.17, 15) is 0 Å². The molecule has 2 nitrogen and oxygen atoms in total. The molecule has 0 atom stereocenters. The zero-order valence-electron chi connectivity index (χ0n) is 13.0. The number of nitrogens with one attached hydrogen (secondary N) is 1. The minimum atomic E-state index is 0.764. The lowest BCUT2D eigenvalue weighted by molar-refractivity contribution is 0.865. The number of nitrogens with zero attached hydrogens (tertiary/aromatic N) is 1. The number of hydrogen-bond acceptors (Lipinski definition) is 2. The molecular weight excluding hydrogens is 280 g/mol. The first kappa shape index (κ1) is 15.7. The molecule has 2 rings (SSSR count). The maximum Gasteiger partial charge on any atom is 0.0637 e. The van der Waals surface area contributed by atoms with Gasteiger partial charge in [-0.2, -0.15) is 0 Å². The first-order valence-electron chi connectivity index (χ1n) is 7.48. The number of halogens is 1. The lowest BCUT2D eigenvalue weighted by Gasteiger charge is -2.21. The zero-order chi connectivity index (χ0) is 15.2. The summed E-state index contributed by atoms with van der Waals surface area (Å²) in [6.07, 6.45) is 0. The van der Waals surface area contributed by atoms with E-state index >= 15 is 0 Å². The predicted molar refractivity (Wildman–Crippen MR) is 93.5 cm³/mol. The number of benzene rings is 2. The van der Waals surface area contributed by atoms with Crippen molar-refractivity contribution in [3.63, 3.8) is 0 Å². The fourth-order valence-corrected chi connectivity index (χ4v) is 2.57. The van der Waals surface area contributed by atoms with Gasteiger partial charge in [0, 0.05) is 25.3 Å². The number of rotatable bonds is 6. The van der Waals surface area contributed by atoms with E-state index in [0.29, 0.717) is 0 Å². The molecule has 3 heteroatoms. The van der Waals surface area contributed by atoms with Gasteiger partial charge in [-0.1, -0.05) is 29.8 Å². The van der Waals surface area contributed by atoms with Crippen LogP contribution in [0.5, 0.6) is 0 Å². The molecule has 0 spiro atoms. The summed E-state index contributed by atoms with van der Waals surface area (Å²) >= 11 is 6.20. The lowest BCUT2D eigenvalue weighted by Crippen LogP contribution is -2.21. The highest BCUT2D eigenvalue weighted by molar-refractivity contribution is 6.33. The highest BCUT2D eigenvalue weighted by Crippen LogP contribution is 2.23. The Hall–Kier alpha value is -1.67. The van der Waals surface area contributed by atoms with Crippen molar-refractivity contribution >= 4 is 23.0 Å². The molecule has 0 saturated carbocycles. The van der Waals surface area contributed by atoms with Gasteiger partial charge in [-0.3, -0.25) is 0 Å². The van der Waals surface area contributed by atoms with E-state index in [1.54, 1.807) is 0 Å². The van der Waals surface area contributed by atoms with E-state index in [0.717, 1.165) is 30.3 Å². The van der Waals surface area contributed by atoms with Gasteiger partial charge in [0.15, 0.2) is 0 Å². The lowest BCUT2D eigenvalue weighted by atomic mass is 10.1. The molecule has 0 heterocycles. The van der Waals surface area contributed by atoms with Gasteiger partial charge in [0.2, 0.25) is 0 Å². The molecule has 0 amide bonds. The third-order valence-corrected chi connectivity index (χ3v) is 4.00. The van der Waals surface area contributed by atoms with Gasteiger partial charge < -0.3 is 10.2 Å². The highest BCUT2D eigenvalue weighted by atomic mass is 35.5. The largest absolute Gasteiger partial charge is 0.380 e. The topological polar surface area (TPSA) is 15.3 Å².